The number of hydrogen-bond acceptors (Lipinski definition) is 6. The lowest BCUT2D eigenvalue weighted by Crippen LogP contribution is -2.08. The first-order chi connectivity index (χ1) is 15.5. The zero-order valence-corrected chi connectivity index (χ0v) is 18.3. The fraction of sp³-hybridized carbons (Fsp3) is 0.0400. The monoisotopic (exact) mass is 490 g/mol. The van der Waals surface area contributed by atoms with Crippen LogP contribution in [-0.2, 0) is 0 Å². The predicted molar refractivity (Wildman–Crippen MR) is 123 cm³/mol. The van der Waals surface area contributed by atoms with Gasteiger partial charge >= 0.3 is 5.97 Å². The maximum atomic E-state index is 13.0. The summed E-state index contributed by atoms with van der Waals surface area (Å²) in [4.78, 5) is 25.6. The summed E-state index contributed by atoms with van der Waals surface area (Å²) >= 11 is 3.39. The Bertz CT molecular complexity index is 1550. The van der Waals surface area contributed by atoms with Crippen molar-refractivity contribution in [3.8, 4) is 22.6 Å². The molecule has 0 fully saturated rings. The number of para-hydroxylation sites is 1. The molecule has 0 unspecified atom stereocenters. The largest absolute Gasteiger partial charge is 0.496 e. The van der Waals surface area contributed by atoms with E-state index in [0.29, 0.717) is 33.4 Å². The van der Waals surface area contributed by atoms with Gasteiger partial charge in [-0.15, -0.1) is 0 Å². The fourth-order valence-corrected chi connectivity index (χ4v) is 3.88. The minimum absolute atomic E-state index is 0.0752. The molecule has 0 bridgehead atoms. The lowest BCUT2D eigenvalue weighted by Gasteiger charge is -2.08. The van der Waals surface area contributed by atoms with Crippen molar-refractivity contribution in [2.45, 2.75) is 0 Å². The van der Waals surface area contributed by atoms with Crippen LogP contribution in [0.2, 0.25) is 0 Å². The molecule has 158 valence electrons. The van der Waals surface area contributed by atoms with Gasteiger partial charge in [0.25, 0.3) is 0 Å². The highest BCUT2D eigenvalue weighted by atomic mass is 79.9. The molecule has 5 aromatic rings. The highest BCUT2D eigenvalue weighted by Crippen LogP contribution is 2.30. The first-order valence-corrected chi connectivity index (χ1v) is 10.4. The Morgan fingerprint density at radius 3 is 2.62 bits per heavy atom. The first-order valence-electron chi connectivity index (χ1n) is 9.64. The van der Waals surface area contributed by atoms with Gasteiger partial charge in [-0.25, -0.2) is 4.79 Å². The Labute approximate surface area is 190 Å². The van der Waals surface area contributed by atoms with Gasteiger partial charge in [-0.05, 0) is 42.5 Å². The normalized spacial score (nSPS) is 11.1. The zero-order chi connectivity index (χ0) is 22.2. The van der Waals surface area contributed by atoms with Crippen molar-refractivity contribution in [2.75, 3.05) is 7.11 Å². The van der Waals surface area contributed by atoms with Crippen LogP contribution in [0.15, 0.2) is 91.1 Å². The number of fused-ring (bicyclic) bond motifs is 2. The topological polar surface area (TPSA) is 78.9 Å². The quantitative estimate of drug-likeness (QED) is 0.220. The van der Waals surface area contributed by atoms with Crippen molar-refractivity contribution in [2.24, 2.45) is 0 Å². The van der Waals surface area contributed by atoms with Crippen molar-refractivity contribution in [3.05, 3.63) is 93.4 Å². The molecule has 0 amide bonds. The Morgan fingerprint density at radius 2 is 1.78 bits per heavy atom. The maximum Gasteiger partial charge on any atom is 0.379 e. The van der Waals surface area contributed by atoms with Crippen LogP contribution in [0.4, 0.5) is 0 Å². The molecule has 0 aliphatic carbocycles. The van der Waals surface area contributed by atoms with E-state index in [9.17, 15) is 9.59 Å². The van der Waals surface area contributed by atoms with Gasteiger partial charge in [0.2, 0.25) is 11.2 Å². The number of carbonyl (C=O) groups is 1. The number of furan rings is 1. The maximum absolute atomic E-state index is 13.0. The van der Waals surface area contributed by atoms with Gasteiger partial charge in [-0.2, -0.15) is 0 Å². The standard InChI is InChI=1S/C25H15BrO6/c1-29-21-5-3-2-4-17(21)19-13-30-22-12-16(7-8-18(22)24(19)27)31-25(28)23-11-14-10-15(26)6-9-20(14)32-23/h2-13H,1H3. The average molecular weight is 491 g/mol. The molecule has 0 N–H and O–H groups in total. The van der Waals surface area contributed by atoms with Crippen LogP contribution >= 0.6 is 15.9 Å². The summed E-state index contributed by atoms with van der Waals surface area (Å²) in [7, 11) is 1.54. The minimum Gasteiger partial charge on any atom is -0.496 e. The van der Waals surface area contributed by atoms with Crippen molar-refractivity contribution < 1.29 is 23.1 Å². The molecule has 0 aliphatic heterocycles. The number of hydrogen-bond donors (Lipinski definition) is 0. The van der Waals surface area contributed by atoms with Crippen LogP contribution in [0.25, 0.3) is 33.1 Å². The second kappa shape index (κ2) is 8.01. The molecule has 2 aromatic heterocycles. The van der Waals surface area contributed by atoms with Crippen LogP contribution in [-0.4, -0.2) is 13.1 Å². The second-order valence-electron chi connectivity index (χ2n) is 7.02. The Morgan fingerprint density at radius 1 is 0.938 bits per heavy atom. The summed E-state index contributed by atoms with van der Waals surface area (Å²) < 4.78 is 22.9. The van der Waals surface area contributed by atoms with Gasteiger partial charge in [-0.3, -0.25) is 4.79 Å². The highest BCUT2D eigenvalue weighted by Gasteiger charge is 2.17. The van der Waals surface area contributed by atoms with E-state index in [1.807, 2.05) is 24.3 Å². The predicted octanol–water partition coefficient (Wildman–Crippen LogP) is 6.20. The minimum atomic E-state index is -0.648. The van der Waals surface area contributed by atoms with Gasteiger partial charge in [0, 0.05) is 21.5 Å². The third-order valence-electron chi connectivity index (χ3n) is 5.03. The van der Waals surface area contributed by atoms with E-state index in [-0.39, 0.29) is 16.9 Å². The summed E-state index contributed by atoms with van der Waals surface area (Å²) in [6.45, 7) is 0. The zero-order valence-electron chi connectivity index (χ0n) is 16.8. The van der Waals surface area contributed by atoms with Crippen molar-refractivity contribution in [3.63, 3.8) is 0 Å². The highest BCUT2D eigenvalue weighted by molar-refractivity contribution is 9.10. The molecule has 6 nitrogen and oxygen atoms in total. The molecule has 0 spiro atoms. The third kappa shape index (κ3) is 3.56. The molecule has 3 aromatic carbocycles. The van der Waals surface area contributed by atoms with Crippen molar-refractivity contribution in [1.29, 1.82) is 0 Å². The molecule has 0 aliphatic rings. The molecule has 7 heteroatoms. The fourth-order valence-electron chi connectivity index (χ4n) is 3.50. The number of rotatable bonds is 4. The molecule has 5 rings (SSSR count). The average Bonchev–Trinajstić information content (AvgIpc) is 3.23. The van der Waals surface area contributed by atoms with E-state index in [1.54, 1.807) is 43.5 Å². The summed E-state index contributed by atoms with van der Waals surface area (Å²) in [5.74, 6) is 0.232. The molecule has 0 saturated carbocycles. The van der Waals surface area contributed by atoms with Crippen LogP contribution in [0.3, 0.4) is 0 Å². The summed E-state index contributed by atoms with van der Waals surface area (Å²) in [6, 6.07) is 18.9. The lowest BCUT2D eigenvalue weighted by atomic mass is 10.0. The number of ether oxygens (including phenoxy) is 2. The second-order valence-corrected chi connectivity index (χ2v) is 7.93. The smallest absolute Gasteiger partial charge is 0.379 e. The third-order valence-corrected chi connectivity index (χ3v) is 5.53. The van der Waals surface area contributed by atoms with E-state index < -0.39 is 5.97 Å². The molecule has 0 saturated heterocycles. The molecule has 0 atom stereocenters. The summed E-state index contributed by atoms with van der Waals surface area (Å²) in [6.07, 6.45) is 1.38. The molecule has 0 radical (unpaired) electrons. The number of carbonyl (C=O) groups excluding carboxylic acids is 1. The van der Waals surface area contributed by atoms with Crippen LogP contribution in [0, 0.1) is 0 Å². The van der Waals surface area contributed by atoms with Gasteiger partial charge in [0.15, 0.2) is 0 Å². The van der Waals surface area contributed by atoms with Gasteiger partial charge < -0.3 is 18.3 Å². The molecular formula is C25H15BrO6. The first kappa shape index (κ1) is 20.1. The molecular weight excluding hydrogens is 476 g/mol. The van der Waals surface area contributed by atoms with Gasteiger partial charge in [0.05, 0.1) is 18.1 Å². The number of methoxy groups -OCH3 is 1. The van der Waals surface area contributed by atoms with Crippen molar-refractivity contribution >= 4 is 43.8 Å². The Kier molecular flexibility index (Phi) is 5.03. The SMILES string of the molecule is COc1ccccc1-c1coc2cc(OC(=O)c3cc4cc(Br)ccc4o3)ccc2c1=O. The van der Waals surface area contributed by atoms with E-state index >= 15 is 0 Å². The van der Waals surface area contributed by atoms with Gasteiger partial charge in [0.1, 0.15) is 28.9 Å². The van der Waals surface area contributed by atoms with Crippen LogP contribution < -0.4 is 14.9 Å². The van der Waals surface area contributed by atoms with E-state index in [2.05, 4.69) is 15.9 Å². The summed E-state index contributed by atoms with van der Waals surface area (Å²) in [5.41, 5.74) is 1.68. The van der Waals surface area contributed by atoms with E-state index in [1.165, 1.54) is 12.3 Å². The number of esters is 1. The lowest BCUT2D eigenvalue weighted by molar-refractivity contribution is 0.0704. The number of benzene rings is 3. The van der Waals surface area contributed by atoms with E-state index in [4.69, 9.17) is 18.3 Å². The molecule has 32 heavy (non-hydrogen) atoms. The van der Waals surface area contributed by atoms with Crippen molar-refractivity contribution in [1.82, 2.24) is 0 Å². The van der Waals surface area contributed by atoms with Crippen LogP contribution in [0.1, 0.15) is 10.6 Å². The van der Waals surface area contributed by atoms with Gasteiger partial charge in [-0.1, -0.05) is 34.1 Å². The van der Waals surface area contributed by atoms with Crippen LogP contribution in [0.5, 0.6) is 11.5 Å². The molecule has 2 heterocycles. The Hall–Kier alpha value is -3.84. The van der Waals surface area contributed by atoms with E-state index in [0.717, 1.165) is 9.86 Å². The number of halogens is 1. The Balaban J connectivity index is 1.47. The summed E-state index contributed by atoms with van der Waals surface area (Å²) in [5, 5.41) is 1.14.